The highest BCUT2D eigenvalue weighted by atomic mass is 19.2. The first-order valence-corrected chi connectivity index (χ1v) is 14.9. The summed E-state index contributed by atoms with van der Waals surface area (Å²) in [5.74, 6) is -63.5. The van der Waals surface area contributed by atoms with Gasteiger partial charge in [-0.3, -0.25) is 0 Å². The lowest BCUT2D eigenvalue weighted by Gasteiger charge is -2.19. The first-order valence-electron chi connectivity index (χ1n) is 14.9. The van der Waals surface area contributed by atoms with E-state index in [1.54, 1.807) is 0 Å². The minimum absolute atomic E-state index is 0.876. The summed E-state index contributed by atoms with van der Waals surface area (Å²) >= 11 is 0. The van der Waals surface area contributed by atoms with Crippen LogP contribution in [0.25, 0.3) is 9.69 Å². The van der Waals surface area contributed by atoms with Crippen molar-refractivity contribution < 1.29 is 89.2 Å². The second kappa shape index (κ2) is 16.4. The Balaban J connectivity index is 1.70. The van der Waals surface area contributed by atoms with Crippen molar-refractivity contribution >= 4 is 11.4 Å². The SMILES string of the molecule is [C-]#[N+]c1c(F)c(Oc2c(F)c(F)c(Oc3c(F)c(F)c(C#N)c(C#N)c3F)c(F)c2F)c(Oc2c(F)c(F)c(Oc3c(F)c(F)c(C#N)c(C#N)c3F)c(F)c2F)c(F)c1[N+]#[C-]. The molecule has 0 aromatic heterocycles. The minimum atomic E-state index is -2.99. The molecule has 0 radical (unpaired) electrons. The summed E-state index contributed by atoms with van der Waals surface area (Å²) in [5, 5.41) is 35.8. The van der Waals surface area contributed by atoms with Gasteiger partial charge in [-0.05, 0) is 0 Å². The Hall–Kier alpha value is -8.88. The molecule has 5 aromatic carbocycles. The van der Waals surface area contributed by atoms with Gasteiger partial charge in [-0.1, -0.05) is 0 Å². The lowest BCUT2D eigenvalue weighted by molar-refractivity contribution is 0.293. The largest absolute Gasteiger partial charge is 0.445 e. The second-order valence-electron chi connectivity index (χ2n) is 10.9. The molecule has 0 unspecified atom stereocenters. The molecule has 310 valence electrons. The number of ether oxygens (including phenoxy) is 4. The van der Waals surface area contributed by atoms with E-state index in [0.29, 0.717) is 0 Å². The molecule has 5 aromatic rings. The molecule has 10 nitrogen and oxygen atoms in total. The van der Waals surface area contributed by atoms with Gasteiger partial charge in [0, 0.05) is 0 Å². The zero-order chi connectivity index (χ0) is 46.4. The first-order chi connectivity index (χ1) is 29.2. The molecule has 0 N–H and O–H groups in total. The Labute approximate surface area is 330 Å². The van der Waals surface area contributed by atoms with Crippen LogP contribution in [0.4, 0.5) is 81.6 Å². The predicted molar refractivity (Wildman–Crippen MR) is 163 cm³/mol. The van der Waals surface area contributed by atoms with E-state index in [-0.39, 0.29) is 0 Å². The maximum Gasteiger partial charge on any atom is 0.236 e. The number of nitriles is 4. The van der Waals surface area contributed by atoms with E-state index < -0.39 is 173 Å². The topological polar surface area (TPSA) is 141 Å². The van der Waals surface area contributed by atoms with Gasteiger partial charge in [0.25, 0.3) is 0 Å². The maximum absolute atomic E-state index is 15.7. The quantitative estimate of drug-likeness (QED) is 0.0852. The van der Waals surface area contributed by atoms with Gasteiger partial charge in [0.2, 0.25) is 104 Å². The summed E-state index contributed by atoms with van der Waals surface area (Å²) in [5.41, 5.74) is -10.2. The highest BCUT2D eigenvalue weighted by molar-refractivity contribution is 5.78. The van der Waals surface area contributed by atoms with Crippen LogP contribution in [0.1, 0.15) is 22.3 Å². The van der Waals surface area contributed by atoms with Crippen molar-refractivity contribution in [1.29, 1.82) is 21.0 Å². The zero-order valence-electron chi connectivity index (χ0n) is 28.4. The lowest BCUT2D eigenvalue weighted by atomic mass is 10.1. The standard InChI is InChI=1S/C36F16N6O4/c1-57-27-25(51)35(61-33-21(47)17(43)31(18(44)22(33)48)59-29-13(39)9(5-55)7(3-53)11(37)15(29)41)36(26(52)28(27)58-2)62-34-23(49)19(45)32(20(46)24(34)50)60-30-14(40)10(6-56)8(4-54)12(38)16(30)42. The molecule has 0 saturated heterocycles. The molecule has 0 aliphatic heterocycles. The van der Waals surface area contributed by atoms with E-state index in [2.05, 4.69) is 28.6 Å². The summed E-state index contributed by atoms with van der Waals surface area (Å²) in [4.78, 5) is 4.75. The molecule has 0 atom stereocenters. The van der Waals surface area contributed by atoms with Gasteiger partial charge in [0.15, 0.2) is 46.4 Å². The van der Waals surface area contributed by atoms with Crippen LogP contribution in [0.15, 0.2) is 0 Å². The summed E-state index contributed by atoms with van der Waals surface area (Å²) < 4.78 is 258. The summed E-state index contributed by atoms with van der Waals surface area (Å²) in [6, 6.07) is 3.51. The maximum atomic E-state index is 15.7. The number of rotatable bonds is 8. The molecule has 0 aliphatic carbocycles. The molecule has 26 heteroatoms. The monoisotopic (exact) mass is 884 g/mol. The van der Waals surface area contributed by atoms with Crippen LogP contribution in [0.5, 0.6) is 46.0 Å². The smallest absolute Gasteiger partial charge is 0.236 e. The molecule has 0 saturated carbocycles. The van der Waals surface area contributed by atoms with Crippen molar-refractivity contribution in [2.75, 3.05) is 0 Å². The normalized spacial score (nSPS) is 10.5. The molecular formula is C36F16N6O4. The Bertz CT molecular complexity index is 2870. The third kappa shape index (κ3) is 6.63. The van der Waals surface area contributed by atoms with Crippen LogP contribution in [0.2, 0.25) is 0 Å². The van der Waals surface area contributed by atoms with Crippen molar-refractivity contribution in [3.8, 4) is 70.3 Å². The number of halogens is 16. The van der Waals surface area contributed by atoms with Gasteiger partial charge in [0.05, 0.1) is 13.1 Å². The molecule has 62 heavy (non-hydrogen) atoms. The Morgan fingerprint density at radius 2 is 0.452 bits per heavy atom. The Kier molecular flexibility index (Phi) is 11.7. The predicted octanol–water partition coefficient (Wildman–Crippen LogP) is 11.7. The molecule has 0 amide bonds. The molecule has 0 bridgehead atoms. The van der Waals surface area contributed by atoms with E-state index in [4.69, 9.17) is 34.2 Å². The average Bonchev–Trinajstić information content (AvgIpc) is 3.25. The first kappa shape index (κ1) is 44.2. The van der Waals surface area contributed by atoms with Crippen molar-refractivity contribution in [2.45, 2.75) is 0 Å². The lowest BCUT2D eigenvalue weighted by Crippen LogP contribution is -2.09. The van der Waals surface area contributed by atoms with E-state index in [1.807, 2.05) is 0 Å². The Morgan fingerprint density at radius 3 is 0.661 bits per heavy atom. The van der Waals surface area contributed by atoms with Gasteiger partial charge in [-0.15, -0.1) is 0 Å². The van der Waals surface area contributed by atoms with Gasteiger partial charge >= 0.3 is 0 Å². The molecule has 0 heterocycles. The molecule has 5 rings (SSSR count). The van der Waals surface area contributed by atoms with Crippen LogP contribution < -0.4 is 18.9 Å². The van der Waals surface area contributed by atoms with Crippen LogP contribution >= 0.6 is 0 Å². The van der Waals surface area contributed by atoms with Crippen molar-refractivity contribution in [3.63, 3.8) is 0 Å². The summed E-state index contributed by atoms with van der Waals surface area (Å²) in [7, 11) is 0. The van der Waals surface area contributed by atoms with Crippen LogP contribution in [-0.4, -0.2) is 0 Å². The van der Waals surface area contributed by atoms with Crippen LogP contribution in [-0.2, 0) is 0 Å². The van der Waals surface area contributed by atoms with Gasteiger partial charge in [-0.25, -0.2) is 36.0 Å². The zero-order valence-corrected chi connectivity index (χ0v) is 28.4. The van der Waals surface area contributed by atoms with Gasteiger partial charge in [0.1, 0.15) is 46.5 Å². The fourth-order valence-corrected chi connectivity index (χ4v) is 4.83. The summed E-state index contributed by atoms with van der Waals surface area (Å²) in [6.07, 6.45) is 0. The minimum Gasteiger partial charge on any atom is -0.445 e. The molecular weight excluding hydrogens is 884 g/mol. The summed E-state index contributed by atoms with van der Waals surface area (Å²) in [6.45, 7) is 14.1. The number of hydrogen-bond donors (Lipinski definition) is 0. The molecule has 0 aliphatic rings. The second-order valence-corrected chi connectivity index (χ2v) is 10.9. The number of hydrogen-bond acceptors (Lipinski definition) is 8. The third-order valence-corrected chi connectivity index (χ3v) is 7.66. The molecule has 0 spiro atoms. The number of nitrogens with zero attached hydrogens (tertiary/aromatic N) is 6. The Morgan fingerprint density at radius 1 is 0.274 bits per heavy atom. The highest BCUT2D eigenvalue weighted by Gasteiger charge is 2.38. The van der Waals surface area contributed by atoms with Crippen LogP contribution in [0.3, 0.4) is 0 Å². The third-order valence-electron chi connectivity index (χ3n) is 7.66. The highest BCUT2D eigenvalue weighted by Crippen LogP contribution is 2.52. The van der Waals surface area contributed by atoms with Crippen molar-refractivity contribution in [2.24, 2.45) is 0 Å². The van der Waals surface area contributed by atoms with E-state index in [9.17, 15) is 26.3 Å². The van der Waals surface area contributed by atoms with Crippen molar-refractivity contribution in [1.82, 2.24) is 0 Å². The average molecular weight is 884 g/mol. The van der Waals surface area contributed by atoms with E-state index in [0.717, 1.165) is 24.3 Å². The fourth-order valence-electron chi connectivity index (χ4n) is 4.83. The fraction of sp³-hybridized carbons (Fsp3) is 0. The van der Waals surface area contributed by atoms with E-state index in [1.165, 1.54) is 0 Å². The number of benzene rings is 5. The van der Waals surface area contributed by atoms with Gasteiger partial charge in [-0.2, -0.15) is 65.0 Å². The van der Waals surface area contributed by atoms with E-state index >= 15 is 43.9 Å². The van der Waals surface area contributed by atoms with Crippen LogP contribution in [0, 0.1) is 152 Å². The molecule has 0 fully saturated rings. The van der Waals surface area contributed by atoms with Crippen molar-refractivity contribution in [3.05, 3.63) is 138 Å². The van der Waals surface area contributed by atoms with Gasteiger partial charge < -0.3 is 18.9 Å².